The zero-order valence-corrected chi connectivity index (χ0v) is 31.6. The lowest BCUT2D eigenvalue weighted by molar-refractivity contribution is 0.669. The van der Waals surface area contributed by atoms with Gasteiger partial charge in [0, 0.05) is 39.0 Å². The van der Waals surface area contributed by atoms with Gasteiger partial charge in [-0.15, -0.1) is 0 Å². The summed E-state index contributed by atoms with van der Waals surface area (Å²) in [5.74, 6) is 0. The van der Waals surface area contributed by atoms with Crippen molar-refractivity contribution in [3.8, 4) is 22.3 Å². The fourth-order valence-corrected chi connectivity index (χ4v) is 9.92. The molecule has 3 heteroatoms. The van der Waals surface area contributed by atoms with E-state index in [2.05, 4.69) is 222 Å². The monoisotopic (exact) mass is 740 g/mol. The molecular weight excluding hydrogens is 705 g/mol. The molecule has 0 N–H and O–H groups in total. The first-order chi connectivity index (χ1) is 28.8. The number of benzene rings is 9. The molecule has 12 rings (SSSR count). The van der Waals surface area contributed by atoms with Crippen LogP contribution < -0.4 is 9.80 Å². The molecule has 2 heterocycles. The summed E-state index contributed by atoms with van der Waals surface area (Å²) in [7, 11) is 0. The molecule has 1 aliphatic carbocycles. The van der Waals surface area contributed by atoms with Crippen LogP contribution in [0.3, 0.4) is 0 Å². The lowest BCUT2D eigenvalue weighted by atomic mass is 9.64. The van der Waals surface area contributed by atoms with Crippen molar-refractivity contribution in [3.05, 3.63) is 241 Å². The molecule has 2 aliphatic rings. The molecule has 0 amide bonds. The second-order valence-corrected chi connectivity index (χ2v) is 15.2. The minimum absolute atomic E-state index is 0.627. The molecule has 9 aromatic carbocycles. The molecule has 272 valence electrons. The number of para-hydroxylation sites is 5. The zero-order chi connectivity index (χ0) is 38.2. The zero-order valence-electron chi connectivity index (χ0n) is 31.6. The number of fused-ring (bicyclic) bond motifs is 8. The van der Waals surface area contributed by atoms with Gasteiger partial charge in [0.05, 0.1) is 22.5 Å². The average Bonchev–Trinajstić information content (AvgIpc) is 3.83. The van der Waals surface area contributed by atoms with E-state index in [1.807, 2.05) is 6.07 Å². The highest BCUT2D eigenvalue weighted by molar-refractivity contribution is 6.11. The van der Waals surface area contributed by atoms with E-state index in [9.17, 15) is 0 Å². The maximum absolute atomic E-state index is 6.72. The smallest absolute Gasteiger partial charge is 0.159 e. The van der Waals surface area contributed by atoms with E-state index in [-0.39, 0.29) is 0 Å². The molecular formula is C55H36N2O. The van der Waals surface area contributed by atoms with Gasteiger partial charge in [0.1, 0.15) is 5.58 Å². The largest absolute Gasteiger partial charge is 0.454 e. The molecule has 0 saturated carbocycles. The van der Waals surface area contributed by atoms with E-state index in [1.165, 1.54) is 55.9 Å². The van der Waals surface area contributed by atoms with Gasteiger partial charge >= 0.3 is 0 Å². The third-order valence-electron chi connectivity index (χ3n) is 12.2. The highest BCUT2D eigenvalue weighted by Crippen LogP contribution is 2.67. The van der Waals surface area contributed by atoms with Crippen molar-refractivity contribution in [2.45, 2.75) is 5.41 Å². The minimum Gasteiger partial charge on any atom is -0.454 e. The van der Waals surface area contributed by atoms with Crippen LogP contribution in [0, 0.1) is 0 Å². The van der Waals surface area contributed by atoms with Crippen LogP contribution in [0.15, 0.2) is 223 Å². The Kier molecular flexibility index (Phi) is 7.14. The summed E-state index contributed by atoms with van der Waals surface area (Å²) in [5, 5.41) is 2.21. The van der Waals surface area contributed by atoms with Crippen molar-refractivity contribution >= 4 is 56.1 Å². The first-order valence-corrected chi connectivity index (χ1v) is 19.9. The first-order valence-electron chi connectivity index (χ1n) is 19.9. The number of hydrogen-bond donors (Lipinski definition) is 0. The summed E-state index contributed by atoms with van der Waals surface area (Å²) in [6.45, 7) is 0. The van der Waals surface area contributed by atoms with Crippen LogP contribution >= 0.6 is 0 Å². The third-order valence-corrected chi connectivity index (χ3v) is 12.2. The van der Waals surface area contributed by atoms with E-state index in [0.29, 0.717) is 0 Å². The predicted octanol–water partition coefficient (Wildman–Crippen LogP) is 14.9. The van der Waals surface area contributed by atoms with Crippen LogP contribution in [-0.4, -0.2) is 0 Å². The highest BCUT2D eigenvalue weighted by Gasteiger charge is 2.53. The molecule has 0 spiro atoms. The van der Waals surface area contributed by atoms with Crippen LogP contribution in [0.2, 0.25) is 0 Å². The minimum atomic E-state index is -0.627. The number of rotatable bonds is 6. The van der Waals surface area contributed by atoms with Gasteiger partial charge in [-0.25, -0.2) is 0 Å². The maximum atomic E-state index is 6.72. The average molecular weight is 741 g/mol. The van der Waals surface area contributed by atoms with Crippen LogP contribution in [0.25, 0.3) is 44.2 Å². The predicted molar refractivity (Wildman–Crippen MR) is 239 cm³/mol. The highest BCUT2D eigenvalue weighted by atomic mass is 16.3. The Morgan fingerprint density at radius 3 is 1.90 bits per heavy atom. The van der Waals surface area contributed by atoms with E-state index in [0.717, 1.165) is 44.7 Å². The Labute approximate surface area is 337 Å². The molecule has 1 atom stereocenters. The van der Waals surface area contributed by atoms with E-state index < -0.39 is 5.41 Å². The van der Waals surface area contributed by atoms with Gasteiger partial charge in [0.2, 0.25) is 0 Å². The van der Waals surface area contributed by atoms with Gasteiger partial charge < -0.3 is 14.2 Å². The summed E-state index contributed by atoms with van der Waals surface area (Å²) >= 11 is 0. The van der Waals surface area contributed by atoms with Crippen LogP contribution in [0.5, 0.6) is 0 Å². The van der Waals surface area contributed by atoms with Crippen LogP contribution in [0.1, 0.15) is 22.3 Å². The van der Waals surface area contributed by atoms with Gasteiger partial charge in [0.15, 0.2) is 5.58 Å². The quantitative estimate of drug-likeness (QED) is 0.169. The molecule has 10 aromatic rings. The second kappa shape index (κ2) is 12.7. The summed E-state index contributed by atoms with van der Waals surface area (Å²) in [5.41, 5.74) is 17.7. The number of anilines is 6. The van der Waals surface area contributed by atoms with Gasteiger partial charge in [-0.05, 0) is 88.0 Å². The summed E-state index contributed by atoms with van der Waals surface area (Å²) in [6.07, 6.45) is 0. The summed E-state index contributed by atoms with van der Waals surface area (Å²) in [6, 6.07) is 79.2. The van der Waals surface area contributed by atoms with Crippen LogP contribution in [0.4, 0.5) is 34.1 Å². The van der Waals surface area contributed by atoms with Crippen molar-refractivity contribution in [3.63, 3.8) is 0 Å². The molecule has 0 bridgehead atoms. The lowest BCUT2D eigenvalue weighted by Gasteiger charge is -2.45. The molecule has 3 nitrogen and oxygen atoms in total. The topological polar surface area (TPSA) is 19.6 Å². The third kappa shape index (κ3) is 4.56. The molecule has 0 radical (unpaired) electrons. The summed E-state index contributed by atoms with van der Waals surface area (Å²) in [4.78, 5) is 4.87. The van der Waals surface area contributed by atoms with Gasteiger partial charge in [-0.1, -0.05) is 164 Å². The maximum Gasteiger partial charge on any atom is 0.159 e. The summed E-state index contributed by atoms with van der Waals surface area (Å²) < 4.78 is 6.72. The fraction of sp³-hybridized carbons (Fsp3) is 0.0182. The van der Waals surface area contributed by atoms with E-state index >= 15 is 0 Å². The van der Waals surface area contributed by atoms with E-state index in [4.69, 9.17) is 4.42 Å². The van der Waals surface area contributed by atoms with Crippen molar-refractivity contribution in [1.29, 1.82) is 0 Å². The molecule has 1 unspecified atom stereocenters. The van der Waals surface area contributed by atoms with Gasteiger partial charge in [-0.2, -0.15) is 0 Å². The second-order valence-electron chi connectivity index (χ2n) is 15.2. The molecule has 1 aliphatic heterocycles. The standard InChI is InChI=1S/C55H36N2O/c1-5-18-37(19-6-1)42-34-35-45-43-33-32-41(56(39-22-9-3-10-23-39)50-30-17-27-46-44-26-13-16-31-51(44)58-54(46)50)36-48(43)55(38-20-7-2-8-21-38)47-28-14-15-29-49(47)57(53(42)52(45)55)40-24-11-4-12-25-40/h1-36H. The molecule has 0 fully saturated rings. The molecule has 1 aromatic heterocycles. The number of hydrogen-bond acceptors (Lipinski definition) is 3. The van der Waals surface area contributed by atoms with Gasteiger partial charge in [-0.3, -0.25) is 0 Å². The Balaban J connectivity index is 1.20. The number of furan rings is 1. The van der Waals surface area contributed by atoms with Gasteiger partial charge in [0.25, 0.3) is 0 Å². The molecule has 58 heavy (non-hydrogen) atoms. The van der Waals surface area contributed by atoms with Crippen LogP contribution in [-0.2, 0) is 5.41 Å². The van der Waals surface area contributed by atoms with Crippen molar-refractivity contribution in [2.75, 3.05) is 9.80 Å². The Morgan fingerprint density at radius 1 is 0.448 bits per heavy atom. The Hall–Kier alpha value is -7.62. The normalized spacial score (nSPS) is 14.9. The first kappa shape index (κ1) is 32.6. The Morgan fingerprint density at radius 2 is 1.09 bits per heavy atom. The molecule has 0 saturated heterocycles. The fourth-order valence-electron chi connectivity index (χ4n) is 9.92. The number of nitrogens with zero attached hydrogens (tertiary/aromatic N) is 2. The lowest BCUT2D eigenvalue weighted by Crippen LogP contribution is -2.36. The van der Waals surface area contributed by atoms with Crippen molar-refractivity contribution < 1.29 is 4.42 Å². The SMILES string of the molecule is c1ccc(-c2ccc3c4c2N(c2ccccc2)c2ccccc2C4(c2ccccc2)c2cc(N(c4ccccc4)c4cccc5c4oc4ccccc45)ccc2-3)cc1. The van der Waals surface area contributed by atoms with E-state index in [1.54, 1.807) is 0 Å². The van der Waals surface area contributed by atoms with Crippen molar-refractivity contribution in [1.82, 2.24) is 0 Å². The van der Waals surface area contributed by atoms with Crippen molar-refractivity contribution in [2.24, 2.45) is 0 Å². The Bertz CT molecular complexity index is 3170.